The number of thioether (sulfide) groups is 1. The van der Waals surface area contributed by atoms with Gasteiger partial charge in [0.1, 0.15) is 0 Å². The van der Waals surface area contributed by atoms with E-state index in [9.17, 15) is 13.6 Å². The van der Waals surface area contributed by atoms with E-state index >= 15 is 0 Å². The summed E-state index contributed by atoms with van der Waals surface area (Å²) in [6.07, 6.45) is 1.66. The van der Waals surface area contributed by atoms with Crippen molar-refractivity contribution in [2.75, 3.05) is 6.26 Å². The van der Waals surface area contributed by atoms with Gasteiger partial charge in [-0.15, -0.1) is 0 Å². The first-order valence-corrected chi connectivity index (χ1v) is 4.44. The van der Waals surface area contributed by atoms with Gasteiger partial charge >= 0.3 is 6.61 Å². The van der Waals surface area contributed by atoms with E-state index in [1.807, 2.05) is 0 Å². The Morgan fingerprint density at radius 3 is 2.92 bits per heavy atom. The minimum Gasteiger partial charge on any atom is -0.417 e. The molecule has 0 saturated carbocycles. The summed E-state index contributed by atoms with van der Waals surface area (Å²) in [7, 11) is 0. The fraction of sp³-hybridized carbons (Fsp3) is 0.333. The van der Waals surface area contributed by atoms with Crippen LogP contribution in [-0.4, -0.2) is 22.8 Å². The first-order chi connectivity index (χ1) is 6.11. The molecule has 4 nitrogen and oxygen atoms in total. The zero-order chi connectivity index (χ0) is 9.84. The molecule has 1 N–H and O–H groups in total. The highest BCUT2D eigenvalue weighted by Crippen LogP contribution is 2.12. The van der Waals surface area contributed by atoms with Crippen LogP contribution in [0, 0.1) is 0 Å². The van der Waals surface area contributed by atoms with Gasteiger partial charge in [-0.1, -0.05) is 11.8 Å². The molecule has 0 saturated heterocycles. The number of aromatic amines is 1. The van der Waals surface area contributed by atoms with Crippen molar-refractivity contribution in [1.29, 1.82) is 0 Å². The Labute approximate surface area is 76.3 Å². The Kier molecular flexibility index (Phi) is 3.24. The number of aromatic nitrogens is 2. The maximum absolute atomic E-state index is 11.7. The molecule has 0 atom stereocenters. The van der Waals surface area contributed by atoms with Crippen molar-refractivity contribution in [2.24, 2.45) is 0 Å². The minimum atomic E-state index is -2.97. The first kappa shape index (κ1) is 9.97. The van der Waals surface area contributed by atoms with Gasteiger partial charge in [0.25, 0.3) is 5.56 Å². The molecule has 1 heterocycles. The monoisotopic (exact) mass is 208 g/mol. The minimum absolute atomic E-state index is 0.239. The van der Waals surface area contributed by atoms with Gasteiger partial charge in [0.05, 0.1) is 6.07 Å². The maximum Gasteiger partial charge on any atom is 0.388 e. The van der Waals surface area contributed by atoms with Crippen molar-refractivity contribution >= 4 is 11.8 Å². The Hall–Kier alpha value is -1.11. The first-order valence-electron chi connectivity index (χ1n) is 3.22. The third kappa shape index (κ3) is 3.02. The molecule has 7 heteroatoms. The van der Waals surface area contributed by atoms with Gasteiger partial charge in [0.2, 0.25) is 5.88 Å². The molecular weight excluding hydrogens is 202 g/mol. The molecule has 13 heavy (non-hydrogen) atoms. The van der Waals surface area contributed by atoms with Crippen LogP contribution in [0.4, 0.5) is 8.78 Å². The molecule has 1 rings (SSSR count). The lowest BCUT2D eigenvalue weighted by atomic mass is 10.6. The number of ether oxygens (including phenoxy) is 1. The lowest BCUT2D eigenvalue weighted by molar-refractivity contribution is -0.0534. The van der Waals surface area contributed by atoms with E-state index < -0.39 is 12.2 Å². The summed E-state index contributed by atoms with van der Waals surface area (Å²) in [6.45, 7) is -2.97. The number of alkyl halides is 2. The quantitative estimate of drug-likeness (QED) is 0.596. The molecule has 1 aromatic rings. The second kappa shape index (κ2) is 4.22. The highest BCUT2D eigenvalue weighted by molar-refractivity contribution is 7.98. The molecule has 0 radical (unpaired) electrons. The third-order valence-electron chi connectivity index (χ3n) is 1.10. The van der Waals surface area contributed by atoms with Crippen molar-refractivity contribution in [3.05, 3.63) is 16.4 Å². The molecule has 0 aliphatic rings. The zero-order valence-corrected chi connectivity index (χ0v) is 7.40. The van der Waals surface area contributed by atoms with Crippen LogP contribution in [0.5, 0.6) is 5.88 Å². The second-order valence-corrected chi connectivity index (χ2v) is 2.77. The average molecular weight is 208 g/mol. The molecular formula is C6H6F2N2O2S. The fourth-order valence-corrected chi connectivity index (χ4v) is 1.05. The lowest BCUT2D eigenvalue weighted by Gasteiger charge is -2.02. The Morgan fingerprint density at radius 1 is 1.69 bits per heavy atom. The molecule has 0 aromatic carbocycles. The third-order valence-corrected chi connectivity index (χ3v) is 1.68. The van der Waals surface area contributed by atoms with Crippen molar-refractivity contribution in [2.45, 2.75) is 11.8 Å². The molecule has 0 aliphatic carbocycles. The SMILES string of the molecule is CSc1nc(OC(F)F)cc(=O)[nH]1. The topological polar surface area (TPSA) is 55.0 Å². The standard InChI is InChI=1S/C6H6F2N2O2S/c1-13-6-9-3(11)2-4(10-6)12-5(7)8/h2,5H,1H3,(H,9,10,11). The van der Waals surface area contributed by atoms with E-state index in [0.717, 1.165) is 17.8 Å². The van der Waals surface area contributed by atoms with E-state index in [1.165, 1.54) is 0 Å². The largest absolute Gasteiger partial charge is 0.417 e. The van der Waals surface area contributed by atoms with E-state index in [2.05, 4.69) is 14.7 Å². The fourth-order valence-electron chi connectivity index (χ4n) is 0.662. The number of rotatable bonds is 3. The molecule has 1 aromatic heterocycles. The normalized spacial score (nSPS) is 10.5. The number of hydrogen-bond acceptors (Lipinski definition) is 4. The number of nitrogens with zero attached hydrogens (tertiary/aromatic N) is 1. The Bertz CT molecular complexity index is 342. The molecule has 0 amide bonds. The van der Waals surface area contributed by atoms with E-state index in [1.54, 1.807) is 6.26 Å². The maximum atomic E-state index is 11.7. The van der Waals surface area contributed by atoms with Gasteiger partial charge in [-0.25, -0.2) is 0 Å². The molecule has 0 fully saturated rings. The predicted octanol–water partition coefficient (Wildman–Crippen LogP) is 1.09. The molecule has 0 bridgehead atoms. The molecule has 0 spiro atoms. The molecule has 72 valence electrons. The Morgan fingerprint density at radius 2 is 2.38 bits per heavy atom. The van der Waals surface area contributed by atoms with Crippen LogP contribution in [-0.2, 0) is 0 Å². The highest BCUT2D eigenvalue weighted by atomic mass is 32.2. The zero-order valence-electron chi connectivity index (χ0n) is 6.58. The summed E-state index contributed by atoms with van der Waals surface area (Å²) in [5, 5.41) is 0.239. The average Bonchev–Trinajstić information content (AvgIpc) is 2.01. The summed E-state index contributed by atoms with van der Waals surface area (Å²) in [5.74, 6) is -0.372. The van der Waals surface area contributed by atoms with E-state index in [-0.39, 0.29) is 11.0 Å². The Balaban J connectivity index is 2.95. The summed E-state index contributed by atoms with van der Waals surface area (Å²) < 4.78 is 27.4. The van der Waals surface area contributed by atoms with Crippen LogP contribution < -0.4 is 10.3 Å². The van der Waals surface area contributed by atoms with Crippen LogP contribution in [0.3, 0.4) is 0 Å². The number of H-pyrrole nitrogens is 1. The van der Waals surface area contributed by atoms with Gasteiger partial charge in [0, 0.05) is 0 Å². The molecule has 0 aliphatic heterocycles. The van der Waals surface area contributed by atoms with Gasteiger partial charge in [-0.2, -0.15) is 13.8 Å². The summed E-state index contributed by atoms with van der Waals surface area (Å²) in [6, 6.07) is 0.867. The summed E-state index contributed by atoms with van der Waals surface area (Å²) in [5.41, 5.74) is -0.519. The lowest BCUT2D eigenvalue weighted by Crippen LogP contribution is -2.11. The smallest absolute Gasteiger partial charge is 0.388 e. The number of halogens is 2. The number of nitrogens with one attached hydrogen (secondary N) is 1. The summed E-state index contributed by atoms with van der Waals surface area (Å²) in [4.78, 5) is 16.8. The van der Waals surface area contributed by atoms with Crippen LogP contribution in [0.1, 0.15) is 0 Å². The van der Waals surface area contributed by atoms with Gasteiger partial charge in [-0.3, -0.25) is 4.79 Å². The molecule has 0 unspecified atom stereocenters. The van der Waals surface area contributed by atoms with Gasteiger partial charge < -0.3 is 9.72 Å². The van der Waals surface area contributed by atoms with Crippen molar-refractivity contribution in [1.82, 2.24) is 9.97 Å². The second-order valence-electron chi connectivity index (χ2n) is 1.97. The van der Waals surface area contributed by atoms with Crippen LogP contribution in [0.25, 0.3) is 0 Å². The van der Waals surface area contributed by atoms with E-state index in [4.69, 9.17) is 0 Å². The van der Waals surface area contributed by atoms with Gasteiger partial charge in [0.15, 0.2) is 5.16 Å². The highest BCUT2D eigenvalue weighted by Gasteiger charge is 2.07. The van der Waals surface area contributed by atoms with Crippen molar-refractivity contribution in [3.63, 3.8) is 0 Å². The predicted molar refractivity (Wildman–Crippen MR) is 43.3 cm³/mol. The van der Waals surface area contributed by atoms with Crippen LogP contribution in [0.2, 0.25) is 0 Å². The number of hydrogen-bond donors (Lipinski definition) is 1. The summed E-state index contributed by atoms with van der Waals surface area (Å²) >= 11 is 1.13. The van der Waals surface area contributed by atoms with Crippen molar-refractivity contribution in [3.8, 4) is 5.88 Å². The van der Waals surface area contributed by atoms with Crippen LogP contribution in [0.15, 0.2) is 16.0 Å². The van der Waals surface area contributed by atoms with E-state index in [0.29, 0.717) is 0 Å². The van der Waals surface area contributed by atoms with Crippen molar-refractivity contribution < 1.29 is 13.5 Å². The van der Waals surface area contributed by atoms with Gasteiger partial charge in [-0.05, 0) is 6.26 Å². The van der Waals surface area contributed by atoms with Crippen LogP contribution >= 0.6 is 11.8 Å².